The maximum atomic E-state index is 11.9. The highest BCUT2D eigenvalue weighted by atomic mass is 19.4. The van der Waals surface area contributed by atoms with Crippen molar-refractivity contribution in [2.24, 2.45) is 0 Å². The van der Waals surface area contributed by atoms with E-state index in [-0.39, 0.29) is 0 Å². The first kappa shape index (κ1) is 11.9. The van der Waals surface area contributed by atoms with Crippen molar-refractivity contribution >= 4 is 5.69 Å². The predicted molar refractivity (Wildman–Crippen MR) is 55.0 cm³/mol. The summed E-state index contributed by atoms with van der Waals surface area (Å²) in [5.41, 5.74) is 1.65. The second-order valence-electron chi connectivity index (χ2n) is 3.42. The van der Waals surface area contributed by atoms with Gasteiger partial charge < -0.3 is 5.32 Å². The Balaban J connectivity index is 2.50. The lowest BCUT2D eigenvalue weighted by Gasteiger charge is -2.09. The van der Waals surface area contributed by atoms with E-state index in [2.05, 4.69) is 12.2 Å². The van der Waals surface area contributed by atoms with E-state index in [0.29, 0.717) is 5.69 Å². The minimum atomic E-state index is -4.16. The Bertz CT molecular complexity index is 290. The normalized spacial score (nSPS) is 11.5. The fraction of sp³-hybridized carbons (Fsp3) is 0.455. The molecule has 0 unspecified atom stereocenters. The van der Waals surface area contributed by atoms with E-state index in [1.807, 2.05) is 12.1 Å². The number of nitrogens with one attached hydrogen (secondary N) is 1. The van der Waals surface area contributed by atoms with Crippen LogP contribution in [0, 0.1) is 0 Å². The van der Waals surface area contributed by atoms with E-state index in [1.54, 1.807) is 12.1 Å². The highest BCUT2D eigenvalue weighted by Gasteiger charge is 2.26. The van der Waals surface area contributed by atoms with Gasteiger partial charge in [-0.15, -0.1) is 0 Å². The van der Waals surface area contributed by atoms with Crippen LogP contribution in [0.1, 0.15) is 18.9 Å². The highest BCUT2D eigenvalue weighted by Crippen LogP contribution is 2.17. The number of alkyl halides is 3. The quantitative estimate of drug-likeness (QED) is 0.812. The Morgan fingerprint density at radius 2 is 1.73 bits per heavy atom. The number of anilines is 1. The Morgan fingerprint density at radius 3 is 2.20 bits per heavy atom. The Labute approximate surface area is 87.3 Å². The van der Waals surface area contributed by atoms with Crippen LogP contribution in [-0.2, 0) is 6.42 Å². The molecule has 0 spiro atoms. The summed E-state index contributed by atoms with van der Waals surface area (Å²) in [6.45, 7) is 1.08. The van der Waals surface area contributed by atoms with Crippen molar-refractivity contribution in [1.29, 1.82) is 0 Å². The van der Waals surface area contributed by atoms with Crippen molar-refractivity contribution in [2.75, 3.05) is 11.9 Å². The molecule has 1 aromatic carbocycles. The molecule has 1 rings (SSSR count). The van der Waals surface area contributed by atoms with Gasteiger partial charge in [0, 0.05) is 5.69 Å². The van der Waals surface area contributed by atoms with Gasteiger partial charge in [0.05, 0.1) is 0 Å². The molecule has 1 aromatic rings. The molecule has 0 aromatic heterocycles. The minimum Gasteiger partial charge on any atom is -0.376 e. The summed E-state index contributed by atoms with van der Waals surface area (Å²) in [5.74, 6) is 0. The van der Waals surface area contributed by atoms with Gasteiger partial charge in [-0.3, -0.25) is 0 Å². The number of hydrogen-bond donors (Lipinski definition) is 1. The third-order valence-electron chi connectivity index (χ3n) is 1.99. The Morgan fingerprint density at radius 1 is 1.13 bits per heavy atom. The zero-order chi connectivity index (χ0) is 11.3. The van der Waals surface area contributed by atoms with Crippen LogP contribution >= 0.6 is 0 Å². The average molecular weight is 217 g/mol. The smallest absolute Gasteiger partial charge is 0.376 e. The van der Waals surface area contributed by atoms with Gasteiger partial charge in [-0.2, -0.15) is 13.2 Å². The molecule has 0 aliphatic rings. The molecule has 0 amide bonds. The highest BCUT2D eigenvalue weighted by molar-refractivity contribution is 5.44. The fourth-order valence-corrected chi connectivity index (χ4v) is 1.28. The second-order valence-corrected chi connectivity index (χ2v) is 3.42. The molecule has 0 heterocycles. The van der Waals surface area contributed by atoms with E-state index >= 15 is 0 Å². The second kappa shape index (κ2) is 5.05. The third-order valence-corrected chi connectivity index (χ3v) is 1.99. The number of aryl methyl sites for hydroxylation is 1. The standard InChI is InChI=1S/C11H14F3N/c1-2-3-9-4-6-10(7-5-9)15-8-11(12,13)14/h4-7,15H,2-3,8H2,1H3. The molecular formula is C11H14F3N. The molecule has 0 radical (unpaired) electrons. The molecule has 0 saturated carbocycles. The summed E-state index contributed by atoms with van der Waals surface area (Å²) < 4.78 is 35.6. The molecule has 0 bridgehead atoms. The number of hydrogen-bond acceptors (Lipinski definition) is 1. The maximum Gasteiger partial charge on any atom is 0.405 e. The fourth-order valence-electron chi connectivity index (χ4n) is 1.28. The van der Waals surface area contributed by atoms with Gasteiger partial charge in [-0.25, -0.2) is 0 Å². The monoisotopic (exact) mass is 217 g/mol. The SMILES string of the molecule is CCCc1ccc(NCC(F)(F)F)cc1. The maximum absolute atomic E-state index is 11.9. The molecule has 4 heteroatoms. The molecule has 0 aliphatic heterocycles. The van der Waals surface area contributed by atoms with Crippen LogP contribution in [0.4, 0.5) is 18.9 Å². The van der Waals surface area contributed by atoms with Gasteiger partial charge in [-0.1, -0.05) is 25.5 Å². The van der Waals surface area contributed by atoms with Crippen LogP contribution in [0.2, 0.25) is 0 Å². The summed E-state index contributed by atoms with van der Waals surface area (Å²) in [4.78, 5) is 0. The largest absolute Gasteiger partial charge is 0.405 e. The molecule has 0 saturated heterocycles. The van der Waals surface area contributed by atoms with Gasteiger partial charge in [0.25, 0.3) is 0 Å². The number of rotatable bonds is 4. The Kier molecular flexibility index (Phi) is 4.00. The van der Waals surface area contributed by atoms with Gasteiger partial charge in [0.15, 0.2) is 0 Å². The van der Waals surface area contributed by atoms with Crippen molar-refractivity contribution in [3.8, 4) is 0 Å². The number of benzene rings is 1. The van der Waals surface area contributed by atoms with Crippen molar-refractivity contribution in [3.05, 3.63) is 29.8 Å². The Hall–Kier alpha value is -1.19. The zero-order valence-corrected chi connectivity index (χ0v) is 8.56. The molecule has 0 fully saturated rings. The number of halogens is 3. The van der Waals surface area contributed by atoms with Crippen LogP contribution in [0.3, 0.4) is 0 Å². The van der Waals surface area contributed by atoms with E-state index in [9.17, 15) is 13.2 Å². The molecule has 0 aliphatic carbocycles. The van der Waals surface area contributed by atoms with Crippen molar-refractivity contribution in [2.45, 2.75) is 25.9 Å². The van der Waals surface area contributed by atoms with Crippen LogP contribution in [0.25, 0.3) is 0 Å². The first-order valence-corrected chi connectivity index (χ1v) is 4.91. The molecule has 0 atom stereocenters. The molecule has 1 nitrogen and oxygen atoms in total. The average Bonchev–Trinajstić information content (AvgIpc) is 2.16. The topological polar surface area (TPSA) is 12.0 Å². The minimum absolute atomic E-state index is 0.507. The molecule has 84 valence electrons. The van der Waals surface area contributed by atoms with E-state index in [0.717, 1.165) is 18.4 Å². The van der Waals surface area contributed by atoms with Gasteiger partial charge >= 0.3 is 6.18 Å². The van der Waals surface area contributed by atoms with Crippen LogP contribution < -0.4 is 5.32 Å². The lowest BCUT2D eigenvalue weighted by molar-refractivity contribution is -0.115. The van der Waals surface area contributed by atoms with Crippen LogP contribution in [0.15, 0.2) is 24.3 Å². The van der Waals surface area contributed by atoms with Crippen LogP contribution in [-0.4, -0.2) is 12.7 Å². The summed E-state index contributed by atoms with van der Waals surface area (Å²) in [6.07, 6.45) is -2.17. The summed E-state index contributed by atoms with van der Waals surface area (Å²) in [6, 6.07) is 7.05. The predicted octanol–water partition coefficient (Wildman–Crippen LogP) is 3.61. The van der Waals surface area contributed by atoms with Gasteiger partial charge in [0.2, 0.25) is 0 Å². The lowest BCUT2D eigenvalue weighted by Crippen LogP contribution is -2.21. The van der Waals surface area contributed by atoms with E-state index in [4.69, 9.17) is 0 Å². The van der Waals surface area contributed by atoms with Gasteiger partial charge in [0.1, 0.15) is 6.54 Å². The van der Waals surface area contributed by atoms with E-state index in [1.165, 1.54) is 0 Å². The first-order chi connectivity index (χ1) is 7.01. The molecular weight excluding hydrogens is 203 g/mol. The van der Waals surface area contributed by atoms with Crippen molar-refractivity contribution in [3.63, 3.8) is 0 Å². The van der Waals surface area contributed by atoms with Crippen molar-refractivity contribution in [1.82, 2.24) is 0 Å². The third kappa shape index (κ3) is 4.72. The molecule has 1 N–H and O–H groups in total. The summed E-state index contributed by atoms with van der Waals surface area (Å²) >= 11 is 0. The zero-order valence-electron chi connectivity index (χ0n) is 8.56. The van der Waals surface area contributed by atoms with Gasteiger partial charge in [-0.05, 0) is 24.1 Å². The lowest BCUT2D eigenvalue weighted by atomic mass is 10.1. The van der Waals surface area contributed by atoms with E-state index < -0.39 is 12.7 Å². The summed E-state index contributed by atoms with van der Waals surface area (Å²) in [7, 11) is 0. The summed E-state index contributed by atoms with van der Waals surface area (Å²) in [5, 5.41) is 2.33. The molecule has 15 heavy (non-hydrogen) atoms. The van der Waals surface area contributed by atoms with Crippen molar-refractivity contribution < 1.29 is 13.2 Å². The first-order valence-electron chi connectivity index (χ1n) is 4.91. The van der Waals surface area contributed by atoms with Crippen LogP contribution in [0.5, 0.6) is 0 Å².